The third-order valence-electron chi connectivity index (χ3n) is 4.39. The van der Waals surface area contributed by atoms with Crippen molar-refractivity contribution in [1.82, 2.24) is 15.5 Å². The monoisotopic (exact) mass is 403 g/mol. The number of amides is 3. The smallest absolute Gasteiger partial charge is 0.326 e. The molecule has 1 aliphatic rings. The van der Waals surface area contributed by atoms with Gasteiger partial charge in [0.25, 0.3) is 0 Å². The molecule has 0 aromatic heterocycles. The predicted molar refractivity (Wildman–Crippen MR) is 102 cm³/mol. The van der Waals surface area contributed by atoms with Gasteiger partial charge in [0, 0.05) is 12.3 Å². The van der Waals surface area contributed by atoms with E-state index in [2.05, 4.69) is 23.3 Å². The molecule has 1 fully saturated rings. The first-order valence-corrected chi connectivity index (χ1v) is 9.61. The van der Waals surface area contributed by atoms with Gasteiger partial charge >= 0.3 is 5.97 Å². The lowest BCUT2D eigenvalue weighted by Crippen LogP contribution is -2.53. The molecule has 0 aromatic rings. The van der Waals surface area contributed by atoms with Crippen molar-refractivity contribution in [2.24, 2.45) is 11.5 Å². The normalized spacial score (nSPS) is 18.6. The largest absolute Gasteiger partial charge is 0.480 e. The van der Waals surface area contributed by atoms with E-state index in [4.69, 9.17) is 16.6 Å². The van der Waals surface area contributed by atoms with Crippen LogP contribution in [0.3, 0.4) is 0 Å². The summed E-state index contributed by atoms with van der Waals surface area (Å²) in [6.07, 6.45) is 2.66. The van der Waals surface area contributed by atoms with E-state index in [9.17, 15) is 19.2 Å². The number of hydrogen-bond donors (Lipinski definition) is 6. The lowest BCUT2D eigenvalue weighted by atomic mass is 10.1. The third kappa shape index (κ3) is 7.35. The number of carboxylic acids is 1. The number of carbonyl (C=O) groups excluding carboxylic acids is 3. The quantitative estimate of drug-likeness (QED) is 0.172. The second-order valence-electron chi connectivity index (χ2n) is 6.44. The first-order valence-electron chi connectivity index (χ1n) is 8.98. The zero-order valence-electron chi connectivity index (χ0n) is 15.2. The summed E-state index contributed by atoms with van der Waals surface area (Å²) in [5.74, 6) is -2.42. The molecule has 0 spiro atoms. The average molecular weight is 404 g/mol. The molecule has 0 aliphatic carbocycles. The summed E-state index contributed by atoms with van der Waals surface area (Å²) >= 11 is 3.96. The summed E-state index contributed by atoms with van der Waals surface area (Å²) in [5, 5.41) is 14.2. The molecular formula is C16H29N5O5S. The number of aliphatic carboxylic acids is 1. The van der Waals surface area contributed by atoms with E-state index in [-0.39, 0.29) is 12.3 Å². The lowest BCUT2D eigenvalue weighted by molar-refractivity contribution is -0.148. The Morgan fingerprint density at radius 2 is 1.93 bits per heavy atom. The van der Waals surface area contributed by atoms with Gasteiger partial charge in [0.15, 0.2) is 0 Å². The number of carbonyl (C=O) groups is 4. The van der Waals surface area contributed by atoms with Gasteiger partial charge < -0.3 is 32.1 Å². The van der Waals surface area contributed by atoms with Gasteiger partial charge in [-0.15, -0.1) is 0 Å². The molecule has 0 radical (unpaired) electrons. The van der Waals surface area contributed by atoms with Crippen molar-refractivity contribution < 1.29 is 24.3 Å². The maximum absolute atomic E-state index is 12.4. The second kappa shape index (κ2) is 11.8. The zero-order valence-corrected chi connectivity index (χ0v) is 16.1. The maximum atomic E-state index is 12.4. The number of nitrogens with zero attached hydrogens (tertiary/aromatic N) is 1. The van der Waals surface area contributed by atoms with Gasteiger partial charge in [-0.25, -0.2) is 4.79 Å². The molecule has 3 atom stereocenters. The van der Waals surface area contributed by atoms with Crippen LogP contribution in [0.1, 0.15) is 32.1 Å². The highest BCUT2D eigenvalue weighted by Crippen LogP contribution is 2.17. The van der Waals surface area contributed by atoms with Crippen molar-refractivity contribution in [2.75, 3.05) is 25.4 Å². The minimum Gasteiger partial charge on any atom is -0.480 e. The van der Waals surface area contributed by atoms with Crippen molar-refractivity contribution in [1.29, 1.82) is 0 Å². The van der Waals surface area contributed by atoms with Crippen LogP contribution >= 0.6 is 12.6 Å². The van der Waals surface area contributed by atoms with Crippen LogP contribution in [0.15, 0.2) is 0 Å². The van der Waals surface area contributed by atoms with Crippen LogP contribution in [0.5, 0.6) is 0 Å². The van der Waals surface area contributed by atoms with Crippen LogP contribution in [0.4, 0.5) is 0 Å². The van der Waals surface area contributed by atoms with Crippen LogP contribution in [-0.2, 0) is 19.2 Å². The van der Waals surface area contributed by atoms with Gasteiger partial charge in [-0.2, -0.15) is 12.6 Å². The molecular weight excluding hydrogens is 374 g/mol. The van der Waals surface area contributed by atoms with E-state index in [0.717, 1.165) is 0 Å². The summed E-state index contributed by atoms with van der Waals surface area (Å²) in [4.78, 5) is 49.0. The molecule has 11 heteroatoms. The number of nitrogens with one attached hydrogen (secondary N) is 2. The molecule has 10 nitrogen and oxygen atoms in total. The number of nitrogens with two attached hydrogens (primary N) is 2. The van der Waals surface area contributed by atoms with E-state index in [0.29, 0.717) is 45.2 Å². The minimum atomic E-state index is -1.06. The predicted octanol–water partition coefficient (Wildman–Crippen LogP) is -1.95. The highest BCUT2D eigenvalue weighted by Gasteiger charge is 2.34. The molecule has 0 saturated carbocycles. The molecule has 3 amide bonds. The molecule has 1 saturated heterocycles. The van der Waals surface area contributed by atoms with E-state index >= 15 is 0 Å². The first kappa shape index (κ1) is 23.2. The first-order chi connectivity index (χ1) is 12.8. The van der Waals surface area contributed by atoms with Crippen LogP contribution in [0, 0.1) is 0 Å². The Balaban J connectivity index is 2.62. The summed E-state index contributed by atoms with van der Waals surface area (Å²) < 4.78 is 0. The molecule has 27 heavy (non-hydrogen) atoms. The Morgan fingerprint density at radius 3 is 2.52 bits per heavy atom. The summed E-state index contributed by atoms with van der Waals surface area (Å²) in [6, 6.07) is -2.56. The van der Waals surface area contributed by atoms with Gasteiger partial charge in [0.05, 0.1) is 12.6 Å². The molecule has 1 rings (SSSR count). The lowest BCUT2D eigenvalue weighted by Gasteiger charge is -2.23. The van der Waals surface area contributed by atoms with E-state index in [1.54, 1.807) is 0 Å². The number of likely N-dealkylation sites (tertiary alicyclic amines) is 1. The molecule has 3 unspecified atom stereocenters. The SMILES string of the molecule is NCCCCC(NC(=O)C(N)CS)C(=O)NCC(=O)N1CCCC1C(=O)O. The highest BCUT2D eigenvalue weighted by molar-refractivity contribution is 7.80. The van der Waals surface area contributed by atoms with E-state index < -0.39 is 41.8 Å². The standard InChI is InChI=1S/C16H29N5O5S/c17-6-2-1-4-11(20-14(23)10(18)9-27)15(24)19-8-13(22)21-7-3-5-12(21)16(25)26/h10-12,27H,1-9,17-18H2,(H,19,24)(H,20,23)(H,25,26). The molecule has 0 aromatic carbocycles. The Bertz CT molecular complexity index is 547. The van der Waals surface area contributed by atoms with E-state index in [1.165, 1.54) is 4.90 Å². The van der Waals surface area contributed by atoms with Crippen LogP contribution < -0.4 is 22.1 Å². The number of carboxylic acid groups (broad SMARTS) is 1. The molecule has 1 heterocycles. The van der Waals surface area contributed by atoms with Gasteiger partial charge in [0.1, 0.15) is 12.1 Å². The molecule has 1 aliphatic heterocycles. The van der Waals surface area contributed by atoms with Crippen LogP contribution in [-0.4, -0.2) is 77.2 Å². The third-order valence-corrected chi connectivity index (χ3v) is 4.78. The van der Waals surface area contributed by atoms with Crippen molar-refractivity contribution in [3.8, 4) is 0 Å². The van der Waals surface area contributed by atoms with Crippen molar-refractivity contribution in [2.45, 2.75) is 50.2 Å². The molecule has 0 bridgehead atoms. The highest BCUT2D eigenvalue weighted by atomic mass is 32.1. The topological polar surface area (TPSA) is 168 Å². The fourth-order valence-corrected chi connectivity index (χ4v) is 3.00. The second-order valence-corrected chi connectivity index (χ2v) is 6.80. The summed E-state index contributed by atoms with van der Waals surface area (Å²) in [7, 11) is 0. The number of hydrogen-bond acceptors (Lipinski definition) is 7. The van der Waals surface area contributed by atoms with Gasteiger partial charge in [0.2, 0.25) is 17.7 Å². The van der Waals surface area contributed by atoms with E-state index in [1.807, 2.05) is 0 Å². The zero-order chi connectivity index (χ0) is 20.4. The average Bonchev–Trinajstić information content (AvgIpc) is 3.14. The molecule has 154 valence electrons. The summed E-state index contributed by atoms with van der Waals surface area (Å²) in [6.45, 7) is 0.478. The number of thiol groups is 1. The van der Waals surface area contributed by atoms with Crippen LogP contribution in [0.25, 0.3) is 0 Å². The van der Waals surface area contributed by atoms with Gasteiger partial charge in [-0.05, 0) is 38.6 Å². The van der Waals surface area contributed by atoms with Crippen molar-refractivity contribution in [3.63, 3.8) is 0 Å². The number of rotatable bonds is 11. The van der Waals surface area contributed by atoms with Crippen LogP contribution in [0.2, 0.25) is 0 Å². The number of unbranched alkanes of at least 4 members (excludes halogenated alkanes) is 1. The van der Waals surface area contributed by atoms with Gasteiger partial charge in [-0.3, -0.25) is 14.4 Å². The Labute approximate surface area is 163 Å². The van der Waals surface area contributed by atoms with Gasteiger partial charge in [-0.1, -0.05) is 0 Å². The Morgan fingerprint density at radius 1 is 1.22 bits per heavy atom. The summed E-state index contributed by atoms with van der Waals surface area (Å²) in [5.41, 5.74) is 11.1. The van der Waals surface area contributed by atoms with Crippen molar-refractivity contribution in [3.05, 3.63) is 0 Å². The minimum absolute atomic E-state index is 0.132. The fourth-order valence-electron chi connectivity index (χ4n) is 2.83. The fraction of sp³-hybridized carbons (Fsp3) is 0.750. The maximum Gasteiger partial charge on any atom is 0.326 e. The van der Waals surface area contributed by atoms with Crippen molar-refractivity contribution >= 4 is 36.3 Å². The Hall–Kier alpha value is -1.85. The Kier molecular flexibility index (Phi) is 10.1. The molecule has 7 N–H and O–H groups in total.